The molecule has 0 amide bonds. The number of fused-ring (bicyclic) bond motifs is 2. The van der Waals surface area contributed by atoms with Crippen LogP contribution in [0.15, 0.2) is 72.8 Å². The number of hydrogen-bond acceptors (Lipinski definition) is 3. The second kappa shape index (κ2) is 8.14. The highest BCUT2D eigenvalue weighted by molar-refractivity contribution is 5.85. The summed E-state index contributed by atoms with van der Waals surface area (Å²) in [6.45, 7) is 4.21. The highest BCUT2D eigenvalue weighted by Crippen LogP contribution is 2.31. The van der Waals surface area contributed by atoms with Crippen LogP contribution in [-0.4, -0.2) is 14.2 Å². The normalized spacial score (nSPS) is 13.4. The first kappa shape index (κ1) is 19.3. The van der Waals surface area contributed by atoms with E-state index in [9.17, 15) is 0 Å². The molecule has 0 aromatic heterocycles. The summed E-state index contributed by atoms with van der Waals surface area (Å²) >= 11 is 0. The number of rotatable bonds is 6. The van der Waals surface area contributed by atoms with Crippen molar-refractivity contribution in [2.75, 3.05) is 14.2 Å². The van der Waals surface area contributed by atoms with Crippen LogP contribution < -0.4 is 9.47 Å². The van der Waals surface area contributed by atoms with Crippen molar-refractivity contribution >= 4 is 21.5 Å². The van der Waals surface area contributed by atoms with E-state index in [1.807, 2.05) is 12.1 Å². The summed E-state index contributed by atoms with van der Waals surface area (Å²) < 4.78 is 17.0. The van der Waals surface area contributed by atoms with Crippen molar-refractivity contribution in [2.24, 2.45) is 0 Å². The second-order valence-corrected chi connectivity index (χ2v) is 7.37. The van der Waals surface area contributed by atoms with Gasteiger partial charge in [0.25, 0.3) is 0 Å². The third-order valence-electron chi connectivity index (χ3n) is 5.49. The molecule has 0 saturated carbocycles. The average molecular weight is 386 g/mol. The molecule has 0 aliphatic heterocycles. The molecule has 0 N–H and O–H groups in total. The van der Waals surface area contributed by atoms with Gasteiger partial charge in [0, 0.05) is 0 Å². The molecule has 4 aromatic rings. The monoisotopic (exact) mass is 386 g/mol. The Labute approximate surface area is 171 Å². The maximum absolute atomic E-state index is 6.36. The summed E-state index contributed by atoms with van der Waals surface area (Å²) in [4.78, 5) is 0. The molecule has 0 heterocycles. The van der Waals surface area contributed by atoms with E-state index in [2.05, 4.69) is 74.5 Å². The van der Waals surface area contributed by atoms with Crippen molar-refractivity contribution in [3.63, 3.8) is 0 Å². The van der Waals surface area contributed by atoms with Gasteiger partial charge in [-0.2, -0.15) is 0 Å². The minimum absolute atomic E-state index is 0.0111. The lowest BCUT2D eigenvalue weighted by molar-refractivity contribution is 0.00600. The third-order valence-corrected chi connectivity index (χ3v) is 5.49. The Morgan fingerprint density at radius 1 is 0.517 bits per heavy atom. The first-order chi connectivity index (χ1) is 14.1. The average Bonchev–Trinajstić information content (AvgIpc) is 2.77. The molecule has 2 unspecified atom stereocenters. The van der Waals surface area contributed by atoms with E-state index in [1.165, 1.54) is 32.7 Å². The minimum atomic E-state index is -0.0111. The van der Waals surface area contributed by atoms with E-state index < -0.39 is 0 Å². The molecule has 0 aliphatic carbocycles. The van der Waals surface area contributed by atoms with Gasteiger partial charge in [-0.15, -0.1) is 0 Å². The SMILES string of the molecule is COc1ccc2cc(C(C)OC(C)c3ccc4cc(OC)ccc4c3)ccc2c1. The molecule has 4 aromatic carbocycles. The Balaban J connectivity index is 1.53. The first-order valence-electron chi connectivity index (χ1n) is 9.88. The van der Waals surface area contributed by atoms with Crippen molar-refractivity contribution in [1.29, 1.82) is 0 Å². The van der Waals surface area contributed by atoms with Gasteiger partial charge in [0.2, 0.25) is 0 Å². The molecule has 0 aliphatic rings. The molecule has 29 heavy (non-hydrogen) atoms. The van der Waals surface area contributed by atoms with Gasteiger partial charge in [-0.05, 0) is 82.9 Å². The Kier molecular flexibility index (Phi) is 5.41. The number of hydrogen-bond donors (Lipinski definition) is 0. The van der Waals surface area contributed by atoms with E-state index in [4.69, 9.17) is 14.2 Å². The smallest absolute Gasteiger partial charge is 0.119 e. The lowest BCUT2D eigenvalue weighted by Gasteiger charge is -2.21. The maximum Gasteiger partial charge on any atom is 0.119 e. The van der Waals surface area contributed by atoms with Crippen LogP contribution in [0.1, 0.15) is 37.2 Å². The summed E-state index contributed by atoms with van der Waals surface area (Å²) in [6.07, 6.45) is -0.0221. The van der Waals surface area contributed by atoms with Gasteiger partial charge in [-0.1, -0.05) is 36.4 Å². The largest absolute Gasteiger partial charge is 0.497 e. The van der Waals surface area contributed by atoms with Gasteiger partial charge in [-0.25, -0.2) is 0 Å². The van der Waals surface area contributed by atoms with E-state index in [1.54, 1.807) is 14.2 Å². The highest BCUT2D eigenvalue weighted by atomic mass is 16.5. The first-order valence-corrected chi connectivity index (χ1v) is 9.88. The highest BCUT2D eigenvalue weighted by Gasteiger charge is 2.14. The van der Waals surface area contributed by atoms with Crippen LogP contribution in [0.3, 0.4) is 0 Å². The summed E-state index contributed by atoms with van der Waals surface area (Å²) in [6, 6.07) is 25.2. The van der Waals surface area contributed by atoms with Crippen LogP contribution in [0.4, 0.5) is 0 Å². The van der Waals surface area contributed by atoms with Crippen molar-refractivity contribution in [2.45, 2.75) is 26.1 Å². The third kappa shape index (κ3) is 4.06. The molecule has 148 valence electrons. The zero-order valence-electron chi connectivity index (χ0n) is 17.3. The fourth-order valence-corrected chi connectivity index (χ4v) is 3.71. The van der Waals surface area contributed by atoms with E-state index in [0.717, 1.165) is 11.5 Å². The second-order valence-electron chi connectivity index (χ2n) is 7.37. The van der Waals surface area contributed by atoms with Crippen LogP contribution in [0.2, 0.25) is 0 Å². The Morgan fingerprint density at radius 2 is 0.897 bits per heavy atom. The lowest BCUT2D eigenvalue weighted by Crippen LogP contribution is -2.05. The fraction of sp³-hybridized carbons (Fsp3) is 0.231. The van der Waals surface area contributed by atoms with E-state index in [0.29, 0.717) is 0 Å². The zero-order valence-corrected chi connectivity index (χ0v) is 17.3. The van der Waals surface area contributed by atoms with Crippen LogP contribution in [0.25, 0.3) is 21.5 Å². The summed E-state index contributed by atoms with van der Waals surface area (Å²) in [5.41, 5.74) is 2.33. The summed E-state index contributed by atoms with van der Waals surface area (Å²) in [5, 5.41) is 4.70. The van der Waals surface area contributed by atoms with Gasteiger partial charge >= 0.3 is 0 Å². The Morgan fingerprint density at radius 3 is 1.31 bits per heavy atom. The van der Waals surface area contributed by atoms with Crippen LogP contribution >= 0.6 is 0 Å². The standard InChI is InChI=1S/C26H26O3/c1-17(19-5-7-23-15-25(27-3)11-9-21(23)13-19)29-18(2)20-6-8-24-16-26(28-4)12-10-22(24)14-20/h5-18H,1-4H3. The van der Waals surface area contributed by atoms with Crippen molar-refractivity contribution in [1.82, 2.24) is 0 Å². The van der Waals surface area contributed by atoms with Gasteiger partial charge < -0.3 is 14.2 Å². The fourth-order valence-electron chi connectivity index (χ4n) is 3.71. The van der Waals surface area contributed by atoms with Gasteiger partial charge in [0.15, 0.2) is 0 Å². The quantitative estimate of drug-likeness (QED) is 0.363. The summed E-state index contributed by atoms with van der Waals surface area (Å²) in [5.74, 6) is 1.74. The van der Waals surface area contributed by atoms with Crippen LogP contribution in [0.5, 0.6) is 11.5 Å². The lowest BCUT2D eigenvalue weighted by atomic mass is 10.0. The number of methoxy groups -OCH3 is 2. The van der Waals surface area contributed by atoms with Crippen molar-refractivity contribution < 1.29 is 14.2 Å². The molecule has 3 nitrogen and oxygen atoms in total. The Bertz CT molecular complexity index is 1060. The van der Waals surface area contributed by atoms with Gasteiger partial charge in [-0.3, -0.25) is 0 Å². The summed E-state index contributed by atoms with van der Waals surface area (Å²) in [7, 11) is 3.38. The topological polar surface area (TPSA) is 27.7 Å². The van der Waals surface area contributed by atoms with E-state index >= 15 is 0 Å². The van der Waals surface area contributed by atoms with Gasteiger partial charge in [0.05, 0.1) is 26.4 Å². The predicted octanol–water partition coefficient (Wildman–Crippen LogP) is 6.85. The van der Waals surface area contributed by atoms with E-state index in [-0.39, 0.29) is 12.2 Å². The van der Waals surface area contributed by atoms with Crippen molar-refractivity contribution in [3.8, 4) is 11.5 Å². The molecule has 2 atom stereocenters. The molecule has 0 saturated heterocycles. The van der Waals surface area contributed by atoms with Gasteiger partial charge in [0.1, 0.15) is 11.5 Å². The minimum Gasteiger partial charge on any atom is -0.497 e. The Hall–Kier alpha value is -3.04. The maximum atomic E-state index is 6.36. The molecule has 0 fully saturated rings. The van der Waals surface area contributed by atoms with Crippen LogP contribution in [0, 0.1) is 0 Å². The van der Waals surface area contributed by atoms with Crippen molar-refractivity contribution in [3.05, 3.63) is 83.9 Å². The number of benzene rings is 4. The molecular weight excluding hydrogens is 360 g/mol. The number of ether oxygens (including phenoxy) is 3. The molecule has 4 rings (SSSR count). The zero-order chi connectivity index (χ0) is 20.4. The molecule has 0 bridgehead atoms. The molecule has 3 heteroatoms. The molecule has 0 radical (unpaired) electrons. The molecular formula is C26H26O3. The van der Waals surface area contributed by atoms with Crippen LogP contribution in [-0.2, 0) is 4.74 Å². The predicted molar refractivity (Wildman–Crippen MR) is 119 cm³/mol. The molecule has 0 spiro atoms.